The van der Waals surface area contributed by atoms with Crippen LogP contribution in [0.2, 0.25) is 0 Å². The summed E-state index contributed by atoms with van der Waals surface area (Å²) in [5.41, 5.74) is 0.663. The number of nitrogens with one attached hydrogen (secondary N) is 1. The van der Waals surface area contributed by atoms with E-state index in [2.05, 4.69) is 10.4 Å². The lowest BCUT2D eigenvalue weighted by atomic mass is 10.1. The van der Waals surface area contributed by atoms with Gasteiger partial charge in [-0.15, -0.1) is 11.3 Å². The smallest absolute Gasteiger partial charge is 0.305 e. The van der Waals surface area contributed by atoms with Crippen LogP contribution >= 0.6 is 11.3 Å². The molecule has 8 heteroatoms. The van der Waals surface area contributed by atoms with Crippen molar-refractivity contribution >= 4 is 34.0 Å². The first-order chi connectivity index (χ1) is 15.0. The average molecular weight is 433 g/mol. The third kappa shape index (κ3) is 4.54. The Morgan fingerprint density at radius 3 is 2.39 bits per heavy atom. The molecule has 31 heavy (non-hydrogen) atoms. The van der Waals surface area contributed by atoms with Gasteiger partial charge in [0.2, 0.25) is 0 Å². The molecule has 0 saturated heterocycles. The molecule has 7 nitrogen and oxygen atoms in total. The van der Waals surface area contributed by atoms with Crippen molar-refractivity contribution in [3.05, 3.63) is 98.6 Å². The number of amides is 1. The molecular formula is C23H19N3O4S. The highest BCUT2D eigenvalue weighted by molar-refractivity contribution is 7.10. The van der Waals surface area contributed by atoms with Crippen LogP contribution in [0.15, 0.2) is 76.9 Å². The van der Waals surface area contributed by atoms with Gasteiger partial charge in [-0.3, -0.25) is 14.4 Å². The first kappa shape index (κ1) is 20.5. The number of benzene rings is 2. The van der Waals surface area contributed by atoms with Crippen molar-refractivity contribution in [3.63, 3.8) is 0 Å². The molecule has 0 aliphatic heterocycles. The monoisotopic (exact) mass is 433 g/mol. The molecule has 0 aliphatic carbocycles. The summed E-state index contributed by atoms with van der Waals surface area (Å²) in [5, 5.41) is 19.0. The molecule has 1 amide bonds. The minimum Gasteiger partial charge on any atom is -0.481 e. The predicted octanol–water partition coefficient (Wildman–Crippen LogP) is 3.45. The summed E-state index contributed by atoms with van der Waals surface area (Å²) in [6.45, 7) is 0.217. The zero-order chi connectivity index (χ0) is 21.8. The van der Waals surface area contributed by atoms with Crippen LogP contribution < -0.4 is 10.9 Å². The van der Waals surface area contributed by atoms with Crippen LogP contribution in [-0.2, 0) is 11.3 Å². The molecule has 4 rings (SSSR count). The minimum absolute atomic E-state index is 0.0816. The molecule has 2 aromatic heterocycles. The number of thiophene rings is 1. The van der Waals surface area contributed by atoms with Gasteiger partial charge in [0.15, 0.2) is 5.69 Å². The lowest BCUT2D eigenvalue weighted by Gasteiger charge is -2.17. The number of nitrogens with zero attached hydrogens (tertiary/aromatic N) is 2. The zero-order valence-corrected chi connectivity index (χ0v) is 17.2. The zero-order valence-electron chi connectivity index (χ0n) is 16.4. The maximum absolute atomic E-state index is 13.2. The fourth-order valence-corrected chi connectivity index (χ4v) is 4.16. The SMILES string of the molecule is O=C(O)CC(NC(=O)c1nn(Cc2ccccc2)c(=O)c2ccccc12)c1cccs1. The number of aromatic nitrogens is 2. The summed E-state index contributed by atoms with van der Waals surface area (Å²) >= 11 is 1.37. The van der Waals surface area contributed by atoms with Gasteiger partial charge >= 0.3 is 5.97 Å². The van der Waals surface area contributed by atoms with E-state index in [9.17, 15) is 19.5 Å². The van der Waals surface area contributed by atoms with Gasteiger partial charge < -0.3 is 10.4 Å². The van der Waals surface area contributed by atoms with E-state index in [0.717, 1.165) is 10.4 Å². The van der Waals surface area contributed by atoms with E-state index in [-0.39, 0.29) is 24.2 Å². The van der Waals surface area contributed by atoms with Crippen LogP contribution in [0.4, 0.5) is 0 Å². The Labute approximate surface area is 181 Å². The summed E-state index contributed by atoms with van der Waals surface area (Å²) < 4.78 is 1.27. The van der Waals surface area contributed by atoms with Gasteiger partial charge in [0, 0.05) is 10.3 Å². The van der Waals surface area contributed by atoms with Gasteiger partial charge in [0.05, 0.1) is 24.4 Å². The molecule has 1 unspecified atom stereocenters. The van der Waals surface area contributed by atoms with Gasteiger partial charge in [0.1, 0.15) is 0 Å². The number of hydrogen-bond acceptors (Lipinski definition) is 5. The highest BCUT2D eigenvalue weighted by Crippen LogP contribution is 2.23. The third-order valence-corrected chi connectivity index (χ3v) is 5.81. The van der Waals surface area contributed by atoms with Crippen molar-refractivity contribution in [2.24, 2.45) is 0 Å². The molecule has 2 N–H and O–H groups in total. The molecule has 0 fully saturated rings. The number of carboxylic acid groups (broad SMARTS) is 1. The fourth-order valence-electron chi connectivity index (χ4n) is 3.38. The number of carbonyl (C=O) groups is 2. The highest BCUT2D eigenvalue weighted by atomic mass is 32.1. The van der Waals surface area contributed by atoms with E-state index in [4.69, 9.17) is 0 Å². The Bertz CT molecular complexity index is 1280. The molecule has 0 aliphatic rings. The van der Waals surface area contributed by atoms with Crippen LogP contribution in [0.3, 0.4) is 0 Å². The number of rotatable bonds is 7. The molecule has 2 heterocycles. The predicted molar refractivity (Wildman–Crippen MR) is 118 cm³/mol. The maximum atomic E-state index is 13.2. The molecule has 0 saturated carbocycles. The number of aliphatic carboxylic acids is 1. The molecule has 0 spiro atoms. The van der Waals surface area contributed by atoms with E-state index in [1.54, 1.807) is 36.4 Å². The van der Waals surface area contributed by atoms with Crippen LogP contribution in [-0.4, -0.2) is 26.8 Å². The van der Waals surface area contributed by atoms with Crippen molar-refractivity contribution in [2.75, 3.05) is 0 Å². The molecule has 4 aromatic rings. The molecule has 1 atom stereocenters. The average Bonchev–Trinajstić information content (AvgIpc) is 3.30. The summed E-state index contributed by atoms with van der Waals surface area (Å²) in [4.78, 5) is 38.2. The second kappa shape index (κ2) is 8.93. The van der Waals surface area contributed by atoms with E-state index in [0.29, 0.717) is 10.8 Å². The number of carboxylic acids is 1. The largest absolute Gasteiger partial charge is 0.481 e. The number of fused-ring (bicyclic) bond motifs is 1. The standard InChI is InChI=1S/C23H19N3O4S/c27-20(28)13-18(19-11-6-12-31-19)24-22(29)21-16-9-4-5-10-17(16)23(30)26(25-21)14-15-7-2-1-3-8-15/h1-12,18H,13-14H2,(H,24,29)(H,27,28). The van der Waals surface area contributed by atoms with Crippen LogP contribution in [0.5, 0.6) is 0 Å². The van der Waals surface area contributed by atoms with Gasteiger partial charge in [-0.05, 0) is 23.1 Å². The fraction of sp³-hybridized carbons (Fsp3) is 0.130. The third-order valence-electron chi connectivity index (χ3n) is 4.83. The molecule has 0 bridgehead atoms. The Kier molecular flexibility index (Phi) is 5.90. The molecule has 156 valence electrons. The second-order valence-electron chi connectivity index (χ2n) is 6.98. The quantitative estimate of drug-likeness (QED) is 0.465. The van der Waals surface area contributed by atoms with Crippen LogP contribution in [0.1, 0.15) is 33.4 Å². The second-order valence-corrected chi connectivity index (χ2v) is 7.96. The first-order valence-corrected chi connectivity index (χ1v) is 10.5. The number of hydrogen-bond donors (Lipinski definition) is 2. The summed E-state index contributed by atoms with van der Waals surface area (Å²) in [7, 11) is 0. The van der Waals surface area contributed by atoms with Crippen LogP contribution in [0, 0.1) is 0 Å². The first-order valence-electron chi connectivity index (χ1n) is 9.63. The van der Waals surface area contributed by atoms with E-state index < -0.39 is 17.9 Å². The molecule has 2 aromatic carbocycles. The molecular weight excluding hydrogens is 414 g/mol. The number of carbonyl (C=O) groups excluding carboxylic acids is 1. The van der Waals surface area contributed by atoms with Crippen molar-refractivity contribution in [1.29, 1.82) is 0 Å². The van der Waals surface area contributed by atoms with Gasteiger partial charge in [-0.2, -0.15) is 5.10 Å². The van der Waals surface area contributed by atoms with Gasteiger partial charge in [-0.1, -0.05) is 54.6 Å². The Morgan fingerprint density at radius 2 is 1.71 bits per heavy atom. The van der Waals surface area contributed by atoms with Crippen molar-refractivity contribution in [3.8, 4) is 0 Å². The van der Waals surface area contributed by atoms with Gasteiger partial charge in [0.25, 0.3) is 11.5 Å². The van der Waals surface area contributed by atoms with Gasteiger partial charge in [-0.25, -0.2) is 4.68 Å². The highest BCUT2D eigenvalue weighted by Gasteiger charge is 2.23. The van der Waals surface area contributed by atoms with Crippen molar-refractivity contribution < 1.29 is 14.7 Å². The summed E-state index contributed by atoms with van der Waals surface area (Å²) in [6.07, 6.45) is -0.256. The summed E-state index contributed by atoms with van der Waals surface area (Å²) in [5.74, 6) is -1.55. The van der Waals surface area contributed by atoms with Crippen molar-refractivity contribution in [2.45, 2.75) is 19.0 Å². The Balaban J connectivity index is 1.75. The minimum atomic E-state index is -1.02. The Morgan fingerprint density at radius 1 is 1.00 bits per heavy atom. The molecule has 0 radical (unpaired) electrons. The van der Waals surface area contributed by atoms with E-state index >= 15 is 0 Å². The van der Waals surface area contributed by atoms with Crippen molar-refractivity contribution in [1.82, 2.24) is 15.1 Å². The topological polar surface area (TPSA) is 101 Å². The van der Waals surface area contributed by atoms with E-state index in [1.165, 1.54) is 16.0 Å². The van der Waals surface area contributed by atoms with E-state index in [1.807, 2.05) is 35.7 Å². The lowest BCUT2D eigenvalue weighted by Crippen LogP contribution is -2.33. The lowest BCUT2D eigenvalue weighted by molar-refractivity contribution is -0.137. The van der Waals surface area contributed by atoms with Crippen LogP contribution in [0.25, 0.3) is 10.8 Å². The maximum Gasteiger partial charge on any atom is 0.305 e. The summed E-state index contributed by atoms with van der Waals surface area (Å²) in [6, 6.07) is 19.0. The Hall–Kier alpha value is -3.78. The normalized spacial score (nSPS) is 11.9.